The van der Waals surface area contributed by atoms with E-state index in [2.05, 4.69) is 20.9 Å². The van der Waals surface area contributed by atoms with E-state index in [0.29, 0.717) is 53.6 Å². The van der Waals surface area contributed by atoms with Crippen LogP contribution in [0.15, 0.2) is 66.7 Å². The maximum atomic E-state index is 13.8. The van der Waals surface area contributed by atoms with Gasteiger partial charge in [-0.1, -0.05) is 50.5 Å². The first-order valence-corrected chi connectivity index (χ1v) is 16.8. The van der Waals surface area contributed by atoms with E-state index < -0.39 is 6.04 Å². The number of aliphatic hydroxyl groups excluding tert-OH is 1. The molecule has 11 heteroatoms. The Balaban J connectivity index is 1.26. The first kappa shape index (κ1) is 34.7. The summed E-state index contributed by atoms with van der Waals surface area (Å²) in [5.41, 5.74) is 9.45. The van der Waals surface area contributed by atoms with Crippen LogP contribution in [0.1, 0.15) is 72.2 Å². The molecular formula is C37H48N6O5. The fourth-order valence-corrected chi connectivity index (χ4v) is 6.37. The summed E-state index contributed by atoms with van der Waals surface area (Å²) in [6, 6.07) is 19.2. The molecular weight excluding hydrogens is 608 g/mol. The Bertz CT molecular complexity index is 1570. The molecule has 0 aromatic heterocycles. The molecule has 48 heavy (non-hydrogen) atoms. The van der Waals surface area contributed by atoms with Crippen LogP contribution in [0, 0.1) is 5.92 Å². The quantitative estimate of drug-likeness (QED) is 0.185. The third kappa shape index (κ3) is 8.84. The zero-order valence-electron chi connectivity index (χ0n) is 28.1. The molecule has 3 atom stereocenters. The highest BCUT2D eigenvalue weighted by Crippen LogP contribution is 2.31. The lowest BCUT2D eigenvalue weighted by atomic mass is 9.96. The van der Waals surface area contributed by atoms with Gasteiger partial charge < -0.3 is 36.4 Å². The van der Waals surface area contributed by atoms with E-state index in [-0.39, 0.29) is 42.5 Å². The number of nitrogen functional groups attached to an aromatic ring is 1. The van der Waals surface area contributed by atoms with Gasteiger partial charge in [0.15, 0.2) is 0 Å². The first-order valence-electron chi connectivity index (χ1n) is 16.8. The van der Waals surface area contributed by atoms with E-state index in [4.69, 9.17) is 10.5 Å². The van der Waals surface area contributed by atoms with Crippen LogP contribution in [0.3, 0.4) is 0 Å². The van der Waals surface area contributed by atoms with Gasteiger partial charge in [-0.15, -0.1) is 0 Å². The van der Waals surface area contributed by atoms with Crippen molar-refractivity contribution in [2.24, 2.45) is 5.92 Å². The first-order chi connectivity index (χ1) is 23.1. The van der Waals surface area contributed by atoms with E-state index in [1.807, 2.05) is 45.2 Å². The summed E-state index contributed by atoms with van der Waals surface area (Å²) >= 11 is 0. The molecule has 11 nitrogen and oxygen atoms in total. The number of nitrogens with zero attached hydrogens (tertiary/aromatic N) is 2. The second kappa shape index (κ2) is 16.0. The fraction of sp³-hybridized carbons (Fsp3) is 0.432. The van der Waals surface area contributed by atoms with Crippen LogP contribution < -0.4 is 26.4 Å². The largest absolute Gasteiger partial charge is 0.488 e. The van der Waals surface area contributed by atoms with Crippen LogP contribution in [-0.2, 0) is 6.54 Å². The van der Waals surface area contributed by atoms with E-state index in [1.54, 1.807) is 47.4 Å². The summed E-state index contributed by atoms with van der Waals surface area (Å²) in [5, 5.41) is 18.8. The Kier molecular flexibility index (Phi) is 11.6. The Morgan fingerprint density at radius 2 is 1.77 bits per heavy atom. The van der Waals surface area contributed by atoms with Crippen LogP contribution >= 0.6 is 0 Å². The molecule has 0 spiro atoms. The van der Waals surface area contributed by atoms with Crippen molar-refractivity contribution in [2.75, 3.05) is 43.1 Å². The molecule has 1 saturated carbocycles. The lowest BCUT2D eigenvalue weighted by Gasteiger charge is -2.38. The summed E-state index contributed by atoms with van der Waals surface area (Å²) < 4.78 is 6.54. The topological polar surface area (TPSA) is 149 Å². The number of nitrogens with one attached hydrogen (secondary N) is 3. The Hall–Kier alpha value is -4.61. The minimum Gasteiger partial charge on any atom is -0.488 e. The third-order valence-corrected chi connectivity index (χ3v) is 9.23. The second-order valence-corrected chi connectivity index (χ2v) is 13.2. The molecule has 4 amide bonds. The van der Waals surface area contributed by atoms with Crippen molar-refractivity contribution >= 4 is 34.9 Å². The maximum Gasteiger partial charge on any atom is 0.319 e. The Morgan fingerprint density at radius 1 is 1.04 bits per heavy atom. The SMILES string of the molecule is C[C@H](CO)N1C[C@H](C)[C@H](CN(C)Cc2ccc(C(=O)Nc3ccccc3N)cc2)Oc2ccc(NC(=O)NC3CCCCC3)cc2C1=O. The second-order valence-electron chi connectivity index (χ2n) is 13.2. The normalized spacial score (nSPS) is 19.0. The average Bonchev–Trinajstić information content (AvgIpc) is 3.08. The summed E-state index contributed by atoms with van der Waals surface area (Å²) in [7, 11) is 2.01. The third-order valence-electron chi connectivity index (χ3n) is 9.23. The predicted molar refractivity (Wildman–Crippen MR) is 188 cm³/mol. The molecule has 0 unspecified atom stereocenters. The molecule has 0 radical (unpaired) electrons. The van der Waals surface area contributed by atoms with Gasteiger partial charge in [0, 0.05) is 42.8 Å². The van der Waals surface area contributed by atoms with Crippen LogP contribution in [0.4, 0.5) is 21.9 Å². The van der Waals surface area contributed by atoms with Gasteiger partial charge in [-0.25, -0.2) is 4.79 Å². The Morgan fingerprint density at radius 3 is 2.48 bits per heavy atom. The number of anilines is 3. The number of likely N-dealkylation sites (N-methyl/N-ethyl adjacent to an activating group) is 1. The van der Waals surface area contributed by atoms with Crippen molar-refractivity contribution in [3.63, 3.8) is 0 Å². The number of carbonyl (C=O) groups excluding carboxylic acids is 3. The zero-order valence-corrected chi connectivity index (χ0v) is 28.1. The van der Waals surface area contributed by atoms with Crippen molar-refractivity contribution in [3.05, 3.63) is 83.4 Å². The van der Waals surface area contributed by atoms with Gasteiger partial charge in [-0.3, -0.25) is 14.5 Å². The molecule has 3 aromatic rings. The number of benzene rings is 3. The van der Waals surface area contributed by atoms with Crippen LogP contribution in [0.5, 0.6) is 5.75 Å². The molecule has 0 bridgehead atoms. The fourth-order valence-electron chi connectivity index (χ4n) is 6.37. The highest BCUT2D eigenvalue weighted by Gasteiger charge is 2.33. The summed E-state index contributed by atoms with van der Waals surface area (Å²) in [5.74, 6) is -0.0925. The number of aliphatic hydroxyl groups is 1. The highest BCUT2D eigenvalue weighted by atomic mass is 16.5. The highest BCUT2D eigenvalue weighted by molar-refractivity contribution is 6.05. The molecule has 0 saturated heterocycles. The number of urea groups is 1. The van der Waals surface area contributed by atoms with Crippen LogP contribution in [-0.4, -0.2) is 77.7 Å². The molecule has 6 N–H and O–H groups in total. The number of carbonyl (C=O) groups is 3. The standard InChI is InChI=1S/C37H48N6O5/c1-24-20-43(25(2)23-44)36(46)30-19-29(40-37(47)39-28-9-5-4-6-10-28)17-18-33(30)48-34(24)22-42(3)21-26-13-15-27(16-14-26)35(45)41-32-12-8-7-11-31(32)38/h7-8,11-19,24-25,28,34,44H,4-6,9-10,20-23,38H2,1-3H3,(H,41,45)(H2,39,40,47)/t24-,25+,34-/m0/s1. The number of hydrogen-bond donors (Lipinski definition) is 5. The molecule has 5 rings (SSSR count). The lowest BCUT2D eigenvalue weighted by molar-refractivity contribution is 0.0341. The predicted octanol–water partition coefficient (Wildman–Crippen LogP) is 5.33. The summed E-state index contributed by atoms with van der Waals surface area (Å²) in [4.78, 5) is 43.2. The lowest BCUT2D eigenvalue weighted by Crippen LogP contribution is -2.49. The monoisotopic (exact) mass is 656 g/mol. The molecule has 1 fully saturated rings. The van der Waals surface area contributed by atoms with Crippen molar-refractivity contribution in [3.8, 4) is 5.75 Å². The number of rotatable bonds is 10. The minimum absolute atomic E-state index is 0.0471. The average molecular weight is 657 g/mol. The van der Waals surface area contributed by atoms with Gasteiger partial charge in [-0.2, -0.15) is 0 Å². The number of hydrogen-bond acceptors (Lipinski definition) is 7. The molecule has 256 valence electrons. The summed E-state index contributed by atoms with van der Waals surface area (Å²) in [6.07, 6.45) is 5.09. The number of nitrogens with two attached hydrogens (primary N) is 1. The van der Waals surface area contributed by atoms with E-state index in [9.17, 15) is 19.5 Å². The molecule has 1 aliphatic heterocycles. The zero-order chi connectivity index (χ0) is 34.2. The number of para-hydroxylation sites is 2. The van der Waals surface area contributed by atoms with Crippen LogP contribution in [0.2, 0.25) is 0 Å². The van der Waals surface area contributed by atoms with Crippen molar-refractivity contribution in [1.29, 1.82) is 0 Å². The Labute approximate surface area is 282 Å². The van der Waals surface area contributed by atoms with Gasteiger partial charge in [0.05, 0.1) is 29.6 Å². The number of fused-ring (bicyclic) bond motifs is 1. The summed E-state index contributed by atoms with van der Waals surface area (Å²) in [6.45, 7) is 5.28. The van der Waals surface area contributed by atoms with Gasteiger partial charge in [0.1, 0.15) is 11.9 Å². The molecule has 2 aliphatic rings. The maximum absolute atomic E-state index is 13.8. The van der Waals surface area contributed by atoms with Gasteiger partial charge in [-0.05, 0) is 74.8 Å². The van der Waals surface area contributed by atoms with Crippen molar-refractivity contribution in [2.45, 2.75) is 70.7 Å². The van der Waals surface area contributed by atoms with Gasteiger partial charge >= 0.3 is 6.03 Å². The van der Waals surface area contributed by atoms with E-state index in [0.717, 1.165) is 31.2 Å². The van der Waals surface area contributed by atoms with Gasteiger partial charge in [0.25, 0.3) is 11.8 Å². The van der Waals surface area contributed by atoms with Crippen LogP contribution in [0.25, 0.3) is 0 Å². The number of amides is 4. The van der Waals surface area contributed by atoms with Crippen molar-refractivity contribution < 1.29 is 24.2 Å². The van der Waals surface area contributed by atoms with Crippen molar-refractivity contribution in [1.82, 2.24) is 15.1 Å². The van der Waals surface area contributed by atoms with Gasteiger partial charge in [0.2, 0.25) is 0 Å². The molecule has 3 aromatic carbocycles. The minimum atomic E-state index is -0.399. The van der Waals surface area contributed by atoms with E-state index >= 15 is 0 Å². The molecule has 1 heterocycles. The number of ether oxygens (including phenoxy) is 1. The van der Waals surface area contributed by atoms with E-state index in [1.165, 1.54) is 6.42 Å². The smallest absolute Gasteiger partial charge is 0.319 e. The molecule has 1 aliphatic carbocycles.